The minimum atomic E-state index is -3.43. The first kappa shape index (κ1) is 21.5. The van der Waals surface area contributed by atoms with Crippen LogP contribution in [0.2, 0.25) is 0 Å². The third kappa shape index (κ3) is 4.50. The molecule has 2 aromatic rings. The molecule has 0 spiro atoms. The van der Waals surface area contributed by atoms with Crippen LogP contribution in [0.1, 0.15) is 47.6 Å². The van der Waals surface area contributed by atoms with Crippen LogP contribution >= 0.6 is 0 Å². The number of anilines is 1. The lowest BCUT2D eigenvalue weighted by Crippen LogP contribution is -2.23. The molecular formula is C23H28N4O3S. The molecule has 2 aliphatic rings. The van der Waals surface area contributed by atoms with Gasteiger partial charge < -0.3 is 10.2 Å². The van der Waals surface area contributed by atoms with E-state index in [0.717, 1.165) is 49.8 Å². The van der Waals surface area contributed by atoms with Gasteiger partial charge in [0.25, 0.3) is 0 Å². The maximum absolute atomic E-state index is 13.1. The van der Waals surface area contributed by atoms with Gasteiger partial charge in [-0.25, -0.2) is 14.1 Å². The van der Waals surface area contributed by atoms with Gasteiger partial charge >= 0.3 is 6.03 Å². The van der Waals surface area contributed by atoms with Crippen LogP contribution in [-0.2, 0) is 46.9 Å². The number of amides is 3. The minimum Gasteiger partial charge on any atom is -0.342 e. The van der Waals surface area contributed by atoms with E-state index in [2.05, 4.69) is 15.7 Å². The van der Waals surface area contributed by atoms with Crippen molar-refractivity contribution < 1.29 is 13.8 Å². The SMILES string of the molecule is CC(=O)N(C)Cc1cccc(S(N)(=O)=NC(=O)Nc2c3c(cc4c2CCC4)CCC3)c1. The number of nitrogens with one attached hydrogen (secondary N) is 1. The lowest BCUT2D eigenvalue weighted by Gasteiger charge is -2.16. The highest BCUT2D eigenvalue weighted by atomic mass is 32.2. The number of hydrogen-bond donors (Lipinski definition) is 2. The average Bonchev–Trinajstić information content (AvgIpc) is 3.36. The normalized spacial score (nSPS) is 16.2. The summed E-state index contributed by atoms with van der Waals surface area (Å²) in [5.74, 6) is -0.0779. The van der Waals surface area contributed by atoms with E-state index in [0.29, 0.717) is 6.54 Å². The second kappa shape index (κ2) is 8.43. The summed E-state index contributed by atoms with van der Waals surface area (Å²) in [4.78, 5) is 26.1. The molecule has 164 valence electrons. The summed E-state index contributed by atoms with van der Waals surface area (Å²) in [5.41, 5.74) is 6.58. The Bertz CT molecular complexity index is 1150. The fourth-order valence-corrected chi connectivity index (χ4v) is 5.47. The molecule has 4 rings (SSSR count). The Morgan fingerprint density at radius 3 is 2.35 bits per heavy atom. The summed E-state index contributed by atoms with van der Waals surface area (Å²) in [6.07, 6.45) is 6.07. The molecule has 8 heteroatoms. The molecule has 0 bridgehead atoms. The number of carbonyl (C=O) groups excluding carboxylic acids is 2. The molecule has 31 heavy (non-hydrogen) atoms. The average molecular weight is 441 g/mol. The van der Waals surface area contributed by atoms with Crippen molar-refractivity contribution >= 4 is 27.5 Å². The number of fused-ring (bicyclic) bond motifs is 2. The highest BCUT2D eigenvalue weighted by Gasteiger charge is 2.25. The molecule has 2 aromatic carbocycles. The molecule has 7 nitrogen and oxygen atoms in total. The van der Waals surface area contributed by atoms with Gasteiger partial charge in [-0.15, -0.1) is 4.36 Å². The van der Waals surface area contributed by atoms with E-state index in [1.54, 1.807) is 25.2 Å². The van der Waals surface area contributed by atoms with E-state index in [-0.39, 0.29) is 10.8 Å². The molecular weight excluding hydrogens is 412 g/mol. The summed E-state index contributed by atoms with van der Waals surface area (Å²) in [6.45, 7) is 1.83. The summed E-state index contributed by atoms with van der Waals surface area (Å²) in [6, 6.07) is 8.34. The van der Waals surface area contributed by atoms with Crippen molar-refractivity contribution in [3.8, 4) is 0 Å². The van der Waals surface area contributed by atoms with Crippen molar-refractivity contribution in [1.29, 1.82) is 0 Å². The molecule has 2 aliphatic carbocycles. The zero-order valence-electron chi connectivity index (χ0n) is 17.9. The number of hydrogen-bond acceptors (Lipinski definition) is 3. The van der Waals surface area contributed by atoms with Crippen LogP contribution in [0.25, 0.3) is 0 Å². The molecule has 1 atom stereocenters. The lowest BCUT2D eigenvalue weighted by atomic mass is 9.99. The van der Waals surface area contributed by atoms with Crippen LogP contribution in [0.5, 0.6) is 0 Å². The summed E-state index contributed by atoms with van der Waals surface area (Å²) in [5, 5.41) is 8.91. The molecule has 0 aromatic heterocycles. The van der Waals surface area contributed by atoms with Gasteiger partial charge in [0.05, 0.1) is 4.90 Å². The number of aryl methyl sites for hydroxylation is 2. The van der Waals surface area contributed by atoms with Gasteiger partial charge in [0.2, 0.25) is 5.91 Å². The molecule has 0 saturated heterocycles. The van der Waals surface area contributed by atoms with Crippen LogP contribution in [0.15, 0.2) is 39.6 Å². The molecule has 3 N–H and O–H groups in total. The smallest absolute Gasteiger partial charge is 0.342 e. The van der Waals surface area contributed by atoms with Gasteiger partial charge in [-0.1, -0.05) is 18.2 Å². The summed E-state index contributed by atoms with van der Waals surface area (Å²) < 4.78 is 17.0. The molecule has 0 saturated carbocycles. The third-order valence-electron chi connectivity index (χ3n) is 6.12. The number of nitrogens with two attached hydrogens (primary N) is 1. The van der Waals surface area contributed by atoms with Gasteiger partial charge in [0.1, 0.15) is 9.92 Å². The number of urea groups is 1. The third-order valence-corrected chi connectivity index (χ3v) is 7.48. The van der Waals surface area contributed by atoms with Crippen LogP contribution in [0.3, 0.4) is 0 Å². The predicted molar refractivity (Wildman–Crippen MR) is 121 cm³/mol. The van der Waals surface area contributed by atoms with Gasteiger partial charge in [-0.2, -0.15) is 0 Å². The Kier molecular flexibility index (Phi) is 5.85. The Morgan fingerprint density at radius 1 is 1.10 bits per heavy atom. The molecule has 1 unspecified atom stereocenters. The Labute approximate surface area is 183 Å². The van der Waals surface area contributed by atoms with Crippen molar-refractivity contribution in [3.63, 3.8) is 0 Å². The number of benzene rings is 2. The molecule has 0 heterocycles. The van der Waals surface area contributed by atoms with Crippen molar-refractivity contribution in [2.75, 3.05) is 12.4 Å². The fourth-order valence-electron chi connectivity index (χ4n) is 4.48. The first-order valence-corrected chi connectivity index (χ1v) is 12.2. The van der Waals surface area contributed by atoms with E-state index in [4.69, 9.17) is 5.14 Å². The monoisotopic (exact) mass is 440 g/mol. The summed E-state index contributed by atoms with van der Waals surface area (Å²) >= 11 is 0. The van der Waals surface area contributed by atoms with Gasteiger partial charge in [0.15, 0.2) is 0 Å². The molecule has 0 fully saturated rings. The maximum Gasteiger partial charge on any atom is 0.354 e. The molecule has 3 amide bonds. The zero-order valence-corrected chi connectivity index (χ0v) is 18.8. The first-order chi connectivity index (χ1) is 14.7. The predicted octanol–water partition coefficient (Wildman–Crippen LogP) is 3.58. The number of rotatable bonds is 4. The molecule has 0 radical (unpaired) electrons. The Balaban J connectivity index is 1.60. The van der Waals surface area contributed by atoms with Crippen LogP contribution in [0, 0.1) is 0 Å². The second-order valence-electron chi connectivity index (χ2n) is 8.35. The molecule has 0 aliphatic heterocycles. The van der Waals surface area contributed by atoms with Crippen LogP contribution in [0.4, 0.5) is 10.5 Å². The van der Waals surface area contributed by atoms with Crippen molar-refractivity contribution in [3.05, 3.63) is 58.1 Å². The van der Waals surface area contributed by atoms with Crippen molar-refractivity contribution in [2.24, 2.45) is 9.50 Å². The van der Waals surface area contributed by atoms with Gasteiger partial charge in [0, 0.05) is 26.2 Å². The highest BCUT2D eigenvalue weighted by Crippen LogP contribution is 2.38. The van der Waals surface area contributed by atoms with Crippen LogP contribution in [-0.4, -0.2) is 28.1 Å². The quantitative estimate of drug-likeness (QED) is 0.759. The van der Waals surface area contributed by atoms with Crippen molar-refractivity contribution in [1.82, 2.24) is 4.90 Å². The van der Waals surface area contributed by atoms with Crippen molar-refractivity contribution in [2.45, 2.75) is 56.9 Å². The number of carbonyl (C=O) groups is 2. The van der Waals surface area contributed by atoms with Crippen LogP contribution < -0.4 is 10.5 Å². The lowest BCUT2D eigenvalue weighted by molar-refractivity contribution is -0.128. The van der Waals surface area contributed by atoms with Gasteiger partial charge in [-0.3, -0.25) is 4.79 Å². The highest BCUT2D eigenvalue weighted by molar-refractivity contribution is 7.91. The second-order valence-corrected chi connectivity index (χ2v) is 10.1. The van der Waals surface area contributed by atoms with E-state index in [1.165, 1.54) is 34.1 Å². The fraction of sp³-hybridized carbons (Fsp3) is 0.391. The van der Waals surface area contributed by atoms with E-state index in [9.17, 15) is 13.8 Å². The van der Waals surface area contributed by atoms with E-state index in [1.807, 2.05) is 6.07 Å². The minimum absolute atomic E-state index is 0.0779. The van der Waals surface area contributed by atoms with E-state index < -0.39 is 15.9 Å². The number of nitrogens with zero attached hydrogens (tertiary/aromatic N) is 2. The first-order valence-electron chi connectivity index (χ1n) is 10.6. The topological polar surface area (TPSA) is 105 Å². The Hall–Kier alpha value is -2.71. The van der Waals surface area contributed by atoms with E-state index >= 15 is 0 Å². The largest absolute Gasteiger partial charge is 0.354 e. The maximum atomic E-state index is 13.1. The standard InChI is InChI=1S/C23H28N4O3S/c1-15(28)27(2)14-16-6-3-9-19(12-16)31(24,30)26-23(29)25-22-20-10-4-7-17(20)13-18-8-5-11-21(18)22/h3,6,9,12-13H,4-5,7-8,10-11,14H2,1-2H3,(H3,24,25,26,29,30). The summed E-state index contributed by atoms with van der Waals surface area (Å²) in [7, 11) is -1.74. The zero-order chi connectivity index (χ0) is 22.2. The Morgan fingerprint density at radius 2 is 1.74 bits per heavy atom. The van der Waals surface area contributed by atoms with Gasteiger partial charge in [-0.05, 0) is 78.5 Å².